The molecule has 0 spiro atoms. The van der Waals surface area contributed by atoms with Crippen LogP contribution in [0.3, 0.4) is 0 Å². The summed E-state index contributed by atoms with van der Waals surface area (Å²) >= 11 is 3.53. The summed E-state index contributed by atoms with van der Waals surface area (Å²) in [5.41, 5.74) is 1.22. The van der Waals surface area contributed by atoms with Crippen LogP contribution >= 0.6 is 15.9 Å². The molecule has 1 aliphatic heterocycles. The minimum atomic E-state index is 0.165. The lowest BCUT2D eigenvalue weighted by molar-refractivity contribution is -0.177. The quantitative estimate of drug-likeness (QED) is 0.900. The van der Waals surface area contributed by atoms with Gasteiger partial charge in [-0.2, -0.15) is 0 Å². The van der Waals surface area contributed by atoms with Crippen molar-refractivity contribution in [1.82, 2.24) is 0 Å². The Hall–Kier alpha value is -0.740. The molecule has 4 heteroatoms. The smallest absolute Gasteiger partial charge is 0.142 e. The van der Waals surface area contributed by atoms with Crippen molar-refractivity contribution in [3.8, 4) is 5.75 Å². The monoisotopic (exact) mass is 339 g/mol. The van der Waals surface area contributed by atoms with E-state index in [-0.39, 0.29) is 5.41 Å². The number of anilines is 1. The number of hydrogen-bond donors (Lipinski definition) is 1. The Labute approximate surface area is 129 Å². The first kappa shape index (κ1) is 14.2. The molecule has 0 amide bonds. The number of rotatable bonds is 3. The average molecular weight is 340 g/mol. The van der Waals surface area contributed by atoms with E-state index in [0.29, 0.717) is 18.1 Å². The molecule has 2 aliphatic rings. The third-order valence-electron chi connectivity index (χ3n) is 4.80. The molecule has 1 saturated heterocycles. The highest BCUT2D eigenvalue weighted by atomic mass is 79.9. The molecule has 1 aliphatic carbocycles. The van der Waals surface area contributed by atoms with E-state index in [1.54, 1.807) is 7.11 Å². The highest BCUT2D eigenvalue weighted by molar-refractivity contribution is 9.10. The van der Waals surface area contributed by atoms with Gasteiger partial charge >= 0.3 is 0 Å². The molecule has 20 heavy (non-hydrogen) atoms. The van der Waals surface area contributed by atoms with Gasteiger partial charge in [0.15, 0.2) is 0 Å². The van der Waals surface area contributed by atoms with Gasteiger partial charge in [0.05, 0.1) is 18.9 Å². The van der Waals surface area contributed by atoms with Crippen molar-refractivity contribution in [1.29, 1.82) is 0 Å². The van der Waals surface area contributed by atoms with E-state index in [9.17, 15) is 0 Å². The average Bonchev–Trinajstić information content (AvgIpc) is 2.45. The van der Waals surface area contributed by atoms with Gasteiger partial charge in [-0.25, -0.2) is 0 Å². The second kappa shape index (κ2) is 5.23. The summed E-state index contributed by atoms with van der Waals surface area (Å²) in [5.74, 6) is 1.51. The van der Waals surface area contributed by atoms with Crippen LogP contribution in [0.5, 0.6) is 5.75 Å². The van der Waals surface area contributed by atoms with Gasteiger partial charge in [0.25, 0.3) is 0 Å². The molecule has 1 heterocycles. The van der Waals surface area contributed by atoms with Crippen LogP contribution in [0.2, 0.25) is 0 Å². The molecule has 3 unspecified atom stereocenters. The van der Waals surface area contributed by atoms with E-state index in [2.05, 4.69) is 41.2 Å². The van der Waals surface area contributed by atoms with Crippen LogP contribution in [-0.2, 0) is 4.74 Å². The van der Waals surface area contributed by atoms with E-state index >= 15 is 0 Å². The maximum absolute atomic E-state index is 5.96. The second-order valence-electron chi connectivity index (χ2n) is 6.39. The Morgan fingerprint density at radius 2 is 2.20 bits per heavy atom. The maximum Gasteiger partial charge on any atom is 0.142 e. The zero-order valence-electron chi connectivity index (χ0n) is 12.3. The lowest BCUT2D eigenvalue weighted by atomic mass is 9.55. The molecule has 3 rings (SSSR count). The van der Waals surface area contributed by atoms with Gasteiger partial charge in [-0.05, 0) is 31.0 Å². The lowest BCUT2D eigenvalue weighted by Gasteiger charge is -2.60. The van der Waals surface area contributed by atoms with E-state index in [1.165, 1.54) is 12.8 Å². The van der Waals surface area contributed by atoms with Crippen LogP contribution in [-0.4, -0.2) is 25.9 Å². The fourth-order valence-corrected chi connectivity index (χ4v) is 4.14. The Bertz CT molecular complexity index is 503. The molecule has 0 radical (unpaired) electrons. The van der Waals surface area contributed by atoms with Gasteiger partial charge in [-0.15, -0.1) is 0 Å². The van der Waals surface area contributed by atoms with Crippen molar-refractivity contribution in [2.24, 2.45) is 11.3 Å². The van der Waals surface area contributed by atoms with Gasteiger partial charge in [0.2, 0.25) is 0 Å². The number of methoxy groups -OCH3 is 1. The lowest BCUT2D eigenvalue weighted by Crippen LogP contribution is -2.67. The highest BCUT2D eigenvalue weighted by Crippen LogP contribution is 2.53. The Kier molecular flexibility index (Phi) is 3.71. The molecule has 1 aromatic carbocycles. The first-order valence-corrected chi connectivity index (χ1v) is 8.05. The topological polar surface area (TPSA) is 30.5 Å². The molecule has 2 fully saturated rings. The van der Waals surface area contributed by atoms with Crippen LogP contribution in [0, 0.1) is 11.3 Å². The summed E-state index contributed by atoms with van der Waals surface area (Å²) in [5, 5.41) is 3.69. The molecule has 1 saturated carbocycles. The third kappa shape index (κ3) is 2.23. The van der Waals surface area contributed by atoms with Crippen LogP contribution in [0.25, 0.3) is 0 Å². The van der Waals surface area contributed by atoms with E-state index < -0.39 is 0 Å². The molecule has 3 atom stereocenters. The first-order valence-electron chi connectivity index (χ1n) is 7.25. The Morgan fingerprint density at radius 3 is 2.95 bits per heavy atom. The number of halogens is 1. The SMILES string of the molecule is COc1ccc(Br)cc1NC1C2CCCOC2C1(C)C. The molecule has 3 nitrogen and oxygen atoms in total. The molecular formula is C16H22BrNO2. The number of fused-ring (bicyclic) bond motifs is 1. The zero-order valence-corrected chi connectivity index (χ0v) is 13.9. The van der Waals surface area contributed by atoms with Crippen molar-refractivity contribution >= 4 is 21.6 Å². The minimum absolute atomic E-state index is 0.165. The Balaban J connectivity index is 1.82. The van der Waals surface area contributed by atoms with Gasteiger partial charge in [0.1, 0.15) is 5.75 Å². The highest BCUT2D eigenvalue weighted by Gasteiger charge is 2.58. The normalized spacial score (nSPS) is 31.1. The van der Waals surface area contributed by atoms with E-state index in [0.717, 1.165) is 22.5 Å². The fraction of sp³-hybridized carbons (Fsp3) is 0.625. The van der Waals surface area contributed by atoms with Gasteiger partial charge in [-0.3, -0.25) is 0 Å². The van der Waals surface area contributed by atoms with Crippen molar-refractivity contribution in [3.05, 3.63) is 22.7 Å². The summed E-state index contributed by atoms with van der Waals surface area (Å²) in [6.07, 6.45) is 2.82. The van der Waals surface area contributed by atoms with E-state index in [1.807, 2.05) is 12.1 Å². The van der Waals surface area contributed by atoms with Gasteiger partial charge < -0.3 is 14.8 Å². The van der Waals surface area contributed by atoms with Gasteiger partial charge in [-0.1, -0.05) is 29.8 Å². The molecular weight excluding hydrogens is 318 g/mol. The van der Waals surface area contributed by atoms with Crippen molar-refractivity contribution in [2.75, 3.05) is 19.0 Å². The number of benzene rings is 1. The summed E-state index contributed by atoms with van der Waals surface area (Å²) in [4.78, 5) is 0. The first-order chi connectivity index (χ1) is 9.54. The van der Waals surface area contributed by atoms with Gasteiger partial charge in [0, 0.05) is 28.5 Å². The molecule has 110 valence electrons. The number of hydrogen-bond acceptors (Lipinski definition) is 3. The van der Waals surface area contributed by atoms with Crippen LogP contribution in [0.4, 0.5) is 5.69 Å². The van der Waals surface area contributed by atoms with Crippen LogP contribution in [0.1, 0.15) is 26.7 Å². The Morgan fingerprint density at radius 1 is 1.40 bits per heavy atom. The minimum Gasteiger partial charge on any atom is -0.495 e. The molecule has 1 N–H and O–H groups in total. The van der Waals surface area contributed by atoms with Crippen molar-refractivity contribution in [3.63, 3.8) is 0 Å². The van der Waals surface area contributed by atoms with Crippen molar-refractivity contribution < 1.29 is 9.47 Å². The van der Waals surface area contributed by atoms with E-state index in [4.69, 9.17) is 9.47 Å². The predicted octanol–water partition coefficient (Wildman–Crippen LogP) is 4.07. The summed E-state index contributed by atoms with van der Waals surface area (Å²) < 4.78 is 12.5. The van der Waals surface area contributed by atoms with Crippen LogP contribution < -0.4 is 10.1 Å². The second-order valence-corrected chi connectivity index (χ2v) is 7.30. The predicted molar refractivity (Wildman–Crippen MR) is 84.3 cm³/mol. The zero-order chi connectivity index (χ0) is 14.3. The third-order valence-corrected chi connectivity index (χ3v) is 5.30. The van der Waals surface area contributed by atoms with Crippen molar-refractivity contribution in [2.45, 2.75) is 38.8 Å². The summed E-state index contributed by atoms with van der Waals surface area (Å²) in [6.45, 7) is 5.50. The van der Waals surface area contributed by atoms with Crippen LogP contribution in [0.15, 0.2) is 22.7 Å². The number of ether oxygens (including phenoxy) is 2. The molecule has 0 aromatic heterocycles. The largest absolute Gasteiger partial charge is 0.495 e. The maximum atomic E-state index is 5.96. The molecule has 0 bridgehead atoms. The summed E-state index contributed by atoms with van der Waals surface area (Å²) in [7, 11) is 1.72. The number of nitrogens with one attached hydrogen (secondary N) is 1. The standard InChI is InChI=1S/C16H22BrNO2/c1-16(2)14(11-5-4-8-20-15(11)16)18-12-9-10(17)6-7-13(12)19-3/h6-7,9,11,14-15,18H,4-5,8H2,1-3H3. The fourth-order valence-electron chi connectivity index (χ4n) is 3.78. The summed E-state index contributed by atoms with van der Waals surface area (Å²) in [6, 6.07) is 6.53. The molecule has 1 aromatic rings.